The van der Waals surface area contributed by atoms with Crippen molar-refractivity contribution in [2.24, 2.45) is 0 Å². The van der Waals surface area contributed by atoms with Crippen molar-refractivity contribution in [1.82, 2.24) is 15.5 Å². The Balaban J connectivity index is 1.76. The van der Waals surface area contributed by atoms with Gasteiger partial charge in [0.05, 0.1) is 11.6 Å². The van der Waals surface area contributed by atoms with Crippen LogP contribution in [0.3, 0.4) is 0 Å². The Kier molecular flexibility index (Phi) is 4.33. The fourth-order valence-corrected chi connectivity index (χ4v) is 2.17. The summed E-state index contributed by atoms with van der Waals surface area (Å²) in [6.07, 6.45) is 0. The first-order valence-electron chi connectivity index (χ1n) is 7.19. The van der Waals surface area contributed by atoms with Gasteiger partial charge in [-0.05, 0) is 24.6 Å². The van der Waals surface area contributed by atoms with Crippen LogP contribution < -0.4 is 5.32 Å². The first-order chi connectivity index (χ1) is 11.5. The van der Waals surface area contributed by atoms with Gasteiger partial charge < -0.3 is 9.73 Å². The van der Waals surface area contributed by atoms with E-state index < -0.39 is 17.5 Å². The highest BCUT2D eigenvalue weighted by Gasteiger charge is 2.20. The Labute approximate surface area is 136 Å². The minimum atomic E-state index is -0.844. The van der Waals surface area contributed by atoms with Gasteiger partial charge in [0, 0.05) is 6.07 Å². The molecule has 122 valence electrons. The molecule has 0 aliphatic carbocycles. The number of nitrogens with one attached hydrogen (secondary N) is 1. The predicted molar refractivity (Wildman–Crippen MR) is 82.0 cm³/mol. The van der Waals surface area contributed by atoms with Gasteiger partial charge in [-0.3, -0.25) is 4.79 Å². The van der Waals surface area contributed by atoms with Gasteiger partial charge in [0.2, 0.25) is 0 Å². The molecule has 0 saturated heterocycles. The summed E-state index contributed by atoms with van der Waals surface area (Å²) in [5.74, 6) is -2.62. The molecule has 24 heavy (non-hydrogen) atoms. The SMILES string of the molecule is C[C@H](NC(=O)c1nnc(-c2ccc(F)cc2F)o1)c1ccccc1. The third-order valence-electron chi connectivity index (χ3n) is 3.43. The van der Waals surface area contributed by atoms with Crippen LogP contribution in [-0.4, -0.2) is 16.1 Å². The minimum Gasteiger partial charge on any atom is -0.412 e. The molecule has 0 radical (unpaired) electrons. The standard InChI is InChI=1S/C17H13F2N3O2/c1-10(11-5-3-2-4-6-11)20-15(23)17-22-21-16(24-17)13-8-7-12(18)9-14(13)19/h2-10H,1H3,(H,20,23)/t10-/m0/s1. The van der Waals surface area contributed by atoms with Crippen molar-refractivity contribution in [2.45, 2.75) is 13.0 Å². The molecule has 1 amide bonds. The monoisotopic (exact) mass is 329 g/mol. The number of aromatic nitrogens is 2. The van der Waals surface area contributed by atoms with E-state index in [-0.39, 0.29) is 23.4 Å². The van der Waals surface area contributed by atoms with Crippen molar-refractivity contribution in [3.05, 3.63) is 71.6 Å². The second kappa shape index (κ2) is 6.57. The maximum atomic E-state index is 13.7. The molecule has 7 heteroatoms. The Morgan fingerprint density at radius 2 is 1.88 bits per heavy atom. The third kappa shape index (κ3) is 3.29. The zero-order valence-corrected chi connectivity index (χ0v) is 12.7. The van der Waals surface area contributed by atoms with Crippen LogP contribution in [0.4, 0.5) is 8.78 Å². The van der Waals surface area contributed by atoms with Crippen LogP contribution in [-0.2, 0) is 0 Å². The van der Waals surface area contributed by atoms with E-state index in [2.05, 4.69) is 15.5 Å². The minimum absolute atomic E-state index is 0.0703. The number of carbonyl (C=O) groups is 1. The Morgan fingerprint density at radius 3 is 2.58 bits per heavy atom. The highest BCUT2D eigenvalue weighted by molar-refractivity contribution is 5.90. The van der Waals surface area contributed by atoms with Crippen molar-refractivity contribution < 1.29 is 18.0 Å². The van der Waals surface area contributed by atoms with Crippen LogP contribution in [0.1, 0.15) is 29.2 Å². The molecule has 0 fully saturated rings. The van der Waals surface area contributed by atoms with E-state index in [1.54, 1.807) is 0 Å². The predicted octanol–water partition coefficient (Wildman–Crippen LogP) is 3.51. The van der Waals surface area contributed by atoms with Gasteiger partial charge in [-0.25, -0.2) is 8.78 Å². The number of hydrogen-bond acceptors (Lipinski definition) is 4. The van der Waals surface area contributed by atoms with E-state index in [4.69, 9.17) is 4.42 Å². The maximum absolute atomic E-state index is 13.7. The highest BCUT2D eigenvalue weighted by Crippen LogP contribution is 2.22. The molecule has 0 bridgehead atoms. The van der Waals surface area contributed by atoms with E-state index in [1.807, 2.05) is 37.3 Å². The zero-order chi connectivity index (χ0) is 17.1. The van der Waals surface area contributed by atoms with E-state index >= 15 is 0 Å². The molecule has 1 aromatic heterocycles. The lowest BCUT2D eigenvalue weighted by molar-refractivity contribution is 0.0905. The molecule has 0 aliphatic rings. The third-order valence-corrected chi connectivity index (χ3v) is 3.43. The van der Waals surface area contributed by atoms with Crippen molar-refractivity contribution in [1.29, 1.82) is 0 Å². The lowest BCUT2D eigenvalue weighted by atomic mass is 10.1. The average Bonchev–Trinajstić information content (AvgIpc) is 3.05. The van der Waals surface area contributed by atoms with E-state index in [1.165, 1.54) is 6.07 Å². The zero-order valence-electron chi connectivity index (χ0n) is 12.7. The largest absolute Gasteiger partial charge is 0.412 e. The summed E-state index contributed by atoms with van der Waals surface area (Å²) in [6, 6.07) is 12.0. The molecule has 1 atom stereocenters. The normalized spacial score (nSPS) is 12.0. The molecule has 0 unspecified atom stereocenters. The molecule has 1 N–H and O–H groups in total. The van der Waals surface area contributed by atoms with E-state index in [0.29, 0.717) is 6.07 Å². The molecular weight excluding hydrogens is 316 g/mol. The molecule has 0 aliphatic heterocycles. The van der Waals surface area contributed by atoms with Gasteiger partial charge in [0.25, 0.3) is 5.89 Å². The van der Waals surface area contributed by atoms with Gasteiger partial charge in [-0.2, -0.15) is 0 Å². The lowest BCUT2D eigenvalue weighted by Gasteiger charge is -2.12. The van der Waals surface area contributed by atoms with Gasteiger partial charge in [0.1, 0.15) is 11.6 Å². The molecule has 1 heterocycles. The fraction of sp³-hybridized carbons (Fsp3) is 0.118. The molecular formula is C17H13F2N3O2. The first-order valence-corrected chi connectivity index (χ1v) is 7.19. The van der Waals surface area contributed by atoms with Crippen molar-refractivity contribution in [3.8, 4) is 11.5 Å². The summed E-state index contributed by atoms with van der Waals surface area (Å²) >= 11 is 0. The summed E-state index contributed by atoms with van der Waals surface area (Å²) < 4.78 is 31.8. The topological polar surface area (TPSA) is 68.0 Å². The van der Waals surface area contributed by atoms with Gasteiger partial charge in [-0.1, -0.05) is 30.3 Å². The smallest absolute Gasteiger partial charge is 0.309 e. The summed E-state index contributed by atoms with van der Waals surface area (Å²) in [5, 5.41) is 9.96. The Hall–Kier alpha value is -3.09. The summed E-state index contributed by atoms with van der Waals surface area (Å²) in [7, 11) is 0. The van der Waals surface area contributed by atoms with Crippen LogP contribution in [0.5, 0.6) is 0 Å². The summed E-state index contributed by atoms with van der Waals surface area (Å²) in [5.41, 5.74) is 0.842. The second-order valence-corrected chi connectivity index (χ2v) is 5.14. The van der Waals surface area contributed by atoms with Crippen LogP contribution in [0.15, 0.2) is 52.9 Å². The molecule has 5 nitrogen and oxygen atoms in total. The van der Waals surface area contributed by atoms with Crippen LogP contribution in [0.25, 0.3) is 11.5 Å². The number of benzene rings is 2. The van der Waals surface area contributed by atoms with Crippen LogP contribution in [0.2, 0.25) is 0 Å². The highest BCUT2D eigenvalue weighted by atomic mass is 19.1. The van der Waals surface area contributed by atoms with Crippen molar-refractivity contribution in [3.63, 3.8) is 0 Å². The molecule has 3 rings (SSSR count). The number of nitrogens with zero attached hydrogens (tertiary/aromatic N) is 2. The van der Waals surface area contributed by atoms with Crippen LogP contribution in [0, 0.1) is 11.6 Å². The number of carbonyl (C=O) groups excluding carboxylic acids is 1. The van der Waals surface area contributed by atoms with Crippen molar-refractivity contribution in [2.75, 3.05) is 0 Å². The summed E-state index contributed by atoms with van der Waals surface area (Å²) in [4.78, 5) is 12.2. The maximum Gasteiger partial charge on any atom is 0.309 e. The van der Waals surface area contributed by atoms with Gasteiger partial charge in [-0.15, -0.1) is 10.2 Å². The molecule has 0 spiro atoms. The number of amides is 1. The van der Waals surface area contributed by atoms with Gasteiger partial charge >= 0.3 is 11.8 Å². The molecule has 2 aromatic carbocycles. The van der Waals surface area contributed by atoms with Gasteiger partial charge in [0.15, 0.2) is 0 Å². The first kappa shape index (κ1) is 15.8. The van der Waals surface area contributed by atoms with Crippen LogP contribution >= 0.6 is 0 Å². The van der Waals surface area contributed by atoms with Crippen molar-refractivity contribution >= 4 is 5.91 Å². The van der Waals surface area contributed by atoms with E-state index in [0.717, 1.165) is 11.6 Å². The molecule has 3 aromatic rings. The number of halogens is 2. The Bertz CT molecular complexity index is 865. The number of hydrogen-bond donors (Lipinski definition) is 1. The molecule has 0 saturated carbocycles. The quantitative estimate of drug-likeness (QED) is 0.795. The number of rotatable bonds is 4. The average molecular weight is 329 g/mol. The lowest BCUT2D eigenvalue weighted by Crippen LogP contribution is -2.26. The Morgan fingerprint density at radius 1 is 1.12 bits per heavy atom. The second-order valence-electron chi connectivity index (χ2n) is 5.14. The summed E-state index contributed by atoms with van der Waals surface area (Å²) in [6.45, 7) is 1.81. The fourth-order valence-electron chi connectivity index (χ4n) is 2.17. The van der Waals surface area contributed by atoms with E-state index in [9.17, 15) is 13.6 Å².